The van der Waals surface area contributed by atoms with Crippen LogP contribution in [-0.4, -0.2) is 79.8 Å². The smallest absolute Gasteiger partial charge is 0.466 e. The summed E-state index contributed by atoms with van der Waals surface area (Å²) in [5.74, 6) is -0.901. The van der Waals surface area contributed by atoms with Crippen molar-refractivity contribution in [1.29, 1.82) is 0 Å². The van der Waals surface area contributed by atoms with Crippen LogP contribution in [0, 0.1) is 17.6 Å². The van der Waals surface area contributed by atoms with Crippen molar-refractivity contribution in [3.8, 4) is 28.4 Å². The van der Waals surface area contributed by atoms with Gasteiger partial charge in [-0.1, -0.05) is 12.1 Å². The molecular weight excluding hydrogens is 615 g/mol. The number of aromatic hydroxyl groups is 1. The number of likely N-dealkylation sites (tertiary alicyclic amines) is 1. The van der Waals surface area contributed by atoms with E-state index in [2.05, 4.69) is 18.0 Å². The molecule has 7 rings (SSSR count). The van der Waals surface area contributed by atoms with Crippen LogP contribution < -0.4 is 9.47 Å². The van der Waals surface area contributed by atoms with Gasteiger partial charge in [0.25, 0.3) is 0 Å². The van der Waals surface area contributed by atoms with E-state index in [0.717, 1.165) is 61.9 Å². The van der Waals surface area contributed by atoms with Gasteiger partial charge >= 0.3 is 13.8 Å². The summed E-state index contributed by atoms with van der Waals surface area (Å²) in [5.41, 5.74) is 2.76. The van der Waals surface area contributed by atoms with Gasteiger partial charge in [0, 0.05) is 28.7 Å². The van der Waals surface area contributed by atoms with Crippen molar-refractivity contribution in [2.24, 2.45) is 5.92 Å². The number of hydrogen-bond acceptors (Lipinski definition) is 7. The van der Waals surface area contributed by atoms with Crippen LogP contribution >= 0.6 is 7.82 Å². The fourth-order valence-electron chi connectivity index (χ4n) is 7.46. The Kier molecular flexibility index (Phi) is 8.98. The number of aliphatic hydroxyl groups is 1. The third-order valence-corrected chi connectivity index (χ3v) is 9.24. The molecule has 2 heterocycles. The predicted octanol–water partition coefficient (Wildman–Crippen LogP) is 3.83. The summed E-state index contributed by atoms with van der Waals surface area (Å²) in [7, 11) is -0.682. The van der Waals surface area contributed by atoms with E-state index in [9.17, 15) is 23.8 Å². The van der Waals surface area contributed by atoms with E-state index in [1.807, 2.05) is 6.07 Å². The summed E-state index contributed by atoms with van der Waals surface area (Å²) in [4.78, 5) is 34.9. The van der Waals surface area contributed by atoms with Crippen LogP contribution in [0.3, 0.4) is 0 Å². The number of hydrogen-bond donors (Lipinski definition) is 6. The van der Waals surface area contributed by atoms with Gasteiger partial charge in [0.2, 0.25) is 0 Å². The average molecular weight is 650 g/mol. The lowest BCUT2D eigenvalue weighted by Crippen LogP contribution is -2.66. The topological polar surface area (TPSA) is 177 Å². The molecule has 0 aromatic heterocycles. The first-order valence-corrected chi connectivity index (χ1v) is 15.8. The van der Waals surface area contributed by atoms with E-state index in [0.29, 0.717) is 18.0 Å². The zero-order chi connectivity index (χ0) is 32.8. The average Bonchev–Trinajstić information content (AvgIpc) is 3.32. The summed E-state index contributed by atoms with van der Waals surface area (Å²) >= 11 is 0. The quantitative estimate of drug-likeness (QED) is 0.227. The number of benzene rings is 3. The van der Waals surface area contributed by atoms with Crippen molar-refractivity contribution in [2.45, 2.75) is 49.3 Å². The fraction of sp³-hybridized carbons (Fsp3) is 0.387. The molecular formula is C31H34F2NO10P. The van der Waals surface area contributed by atoms with Gasteiger partial charge in [0.15, 0.2) is 11.5 Å². The van der Waals surface area contributed by atoms with Crippen LogP contribution in [0.15, 0.2) is 48.5 Å². The Balaban J connectivity index is 0.000000158. The first kappa shape index (κ1) is 32.8. The zero-order valence-electron chi connectivity index (χ0n) is 24.4. The maximum Gasteiger partial charge on any atom is 0.466 e. The first-order valence-electron chi connectivity index (χ1n) is 14.2. The Labute approximate surface area is 257 Å². The van der Waals surface area contributed by atoms with Crippen LogP contribution in [0.1, 0.15) is 40.7 Å². The molecule has 1 spiro atoms. The molecule has 1 saturated heterocycles. The molecule has 2 fully saturated rings. The van der Waals surface area contributed by atoms with Gasteiger partial charge in [0.05, 0.1) is 13.2 Å². The Morgan fingerprint density at radius 1 is 1.09 bits per heavy atom. The normalized spacial score (nSPS) is 25.9. The number of rotatable bonds is 3. The third kappa shape index (κ3) is 6.16. The number of halogens is 2. The zero-order valence-corrected chi connectivity index (χ0v) is 25.3. The van der Waals surface area contributed by atoms with Crippen LogP contribution in [0.5, 0.6) is 17.2 Å². The summed E-state index contributed by atoms with van der Waals surface area (Å²) in [6, 6.07) is 11.5. The molecule has 0 unspecified atom stereocenters. The van der Waals surface area contributed by atoms with Crippen LogP contribution in [0.25, 0.3) is 11.1 Å². The molecule has 14 heteroatoms. The largest absolute Gasteiger partial charge is 0.507 e. The number of carbonyl (C=O) groups is 1. The molecule has 2 aliphatic carbocycles. The minimum atomic E-state index is -4.64. The van der Waals surface area contributed by atoms with Gasteiger partial charge in [-0.05, 0) is 86.7 Å². The van der Waals surface area contributed by atoms with Crippen LogP contribution in [0.4, 0.5) is 8.78 Å². The van der Waals surface area contributed by atoms with E-state index in [4.69, 9.17) is 33.8 Å². The van der Waals surface area contributed by atoms with Gasteiger partial charge in [0.1, 0.15) is 29.1 Å². The second-order valence-corrected chi connectivity index (χ2v) is 12.7. The molecule has 45 heavy (non-hydrogen) atoms. The SMILES string of the molecule is COc1ccc2c3c1O[C@H]1[C@@H](O)CC[C@H]4[C@@H](C2)N(C)CC[C@@]341.O=C(O)c1cc(-c2ccc(F)cc2F)ccc1O.O=P(O)(O)O. The molecule has 6 N–H and O–H groups in total. The number of phosphoric acid groups is 1. The molecule has 4 aliphatic rings. The van der Waals surface area contributed by atoms with Crippen molar-refractivity contribution < 1.29 is 57.6 Å². The van der Waals surface area contributed by atoms with Gasteiger partial charge in [-0.15, -0.1) is 0 Å². The Morgan fingerprint density at radius 3 is 2.44 bits per heavy atom. The number of carboxylic acids is 1. The van der Waals surface area contributed by atoms with Gasteiger partial charge in [-0.2, -0.15) is 0 Å². The minimum Gasteiger partial charge on any atom is -0.507 e. The summed E-state index contributed by atoms with van der Waals surface area (Å²) in [6.45, 7) is 1.09. The Hall–Kier alpha value is -3.58. The predicted molar refractivity (Wildman–Crippen MR) is 157 cm³/mol. The number of ether oxygens (including phenoxy) is 2. The number of aliphatic hydroxyl groups excluding tert-OH is 1. The van der Waals surface area contributed by atoms with Gasteiger partial charge in [-0.25, -0.2) is 18.1 Å². The highest BCUT2D eigenvalue weighted by molar-refractivity contribution is 7.45. The van der Waals surface area contributed by atoms with Crippen molar-refractivity contribution in [1.82, 2.24) is 4.90 Å². The van der Waals surface area contributed by atoms with Crippen molar-refractivity contribution >= 4 is 13.8 Å². The highest BCUT2D eigenvalue weighted by Gasteiger charge is 2.65. The van der Waals surface area contributed by atoms with Crippen LogP contribution in [-0.2, 0) is 16.4 Å². The second kappa shape index (κ2) is 12.3. The summed E-state index contributed by atoms with van der Waals surface area (Å²) in [5, 5.41) is 28.8. The number of piperidine rings is 1. The standard InChI is InChI=1S/C18H23NO3.C13H8F2O3.H3O4P/c1-19-8-7-18-11-4-5-13(20)17(18)22-16-14(21-2)6-3-10(15(16)18)9-12(11)19;14-8-2-3-9(11(15)6-8)7-1-4-12(16)10(5-7)13(17)18;1-5(2,3)4/h3,6,11-13,17,20H,4-5,7-9H2,1-2H3;1-6,16H,(H,17,18);(H3,1,2,3,4)/t11-,12+,13-,17-,18-;;/m0../s1. The van der Waals surface area contributed by atoms with Crippen molar-refractivity contribution in [3.63, 3.8) is 0 Å². The van der Waals surface area contributed by atoms with E-state index in [1.54, 1.807) is 7.11 Å². The number of aromatic carboxylic acids is 1. The monoisotopic (exact) mass is 649 g/mol. The molecule has 3 aromatic rings. The molecule has 5 atom stereocenters. The van der Waals surface area contributed by atoms with Crippen LogP contribution in [0.2, 0.25) is 0 Å². The second-order valence-electron chi connectivity index (χ2n) is 11.6. The third-order valence-electron chi connectivity index (χ3n) is 9.24. The fourth-order valence-corrected chi connectivity index (χ4v) is 7.46. The Morgan fingerprint density at radius 2 is 1.80 bits per heavy atom. The number of phenols is 1. The molecule has 242 valence electrons. The molecule has 3 aromatic carbocycles. The number of likely N-dealkylation sites (N-methyl/N-ethyl adjacent to an activating group) is 1. The molecule has 0 radical (unpaired) electrons. The van der Waals surface area contributed by atoms with E-state index in [-0.39, 0.29) is 34.3 Å². The first-order chi connectivity index (χ1) is 21.1. The molecule has 11 nitrogen and oxygen atoms in total. The van der Waals surface area contributed by atoms with E-state index in [1.165, 1.54) is 23.3 Å². The maximum atomic E-state index is 13.5. The number of methoxy groups -OCH3 is 1. The summed E-state index contributed by atoms with van der Waals surface area (Å²) in [6.07, 6.45) is 3.69. The van der Waals surface area contributed by atoms with Gasteiger partial charge < -0.3 is 44.4 Å². The highest BCUT2D eigenvalue weighted by atomic mass is 31.2. The number of carboxylic acid groups (broad SMARTS) is 1. The molecule has 0 amide bonds. The Bertz CT molecular complexity index is 1660. The highest BCUT2D eigenvalue weighted by Crippen LogP contribution is 2.63. The summed E-state index contributed by atoms with van der Waals surface area (Å²) < 4.78 is 47.1. The molecule has 2 bridgehead atoms. The number of nitrogens with zero attached hydrogens (tertiary/aromatic N) is 1. The van der Waals surface area contributed by atoms with Crippen molar-refractivity contribution in [2.75, 3.05) is 20.7 Å². The lowest BCUT2D eigenvalue weighted by atomic mass is 9.51. The van der Waals surface area contributed by atoms with Crippen molar-refractivity contribution in [3.05, 3.63) is 76.9 Å². The minimum absolute atomic E-state index is 0.00625. The molecule has 1 saturated carbocycles. The lowest BCUT2D eigenvalue weighted by molar-refractivity contribution is -0.0993. The van der Waals surface area contributed by atoms with E-state index < -0.39 is 31.2 Å². The lowest BCUT2D eigenvalue weighted by Gasteiger charge is -2.58. The maximum absolute atomic E-state index is 13.5. The van der Waals surface area contributed by atoms with Gasteiger partial charge in [-0.3, -0.25) is 0 Å². The van der Waals surface area contributed by atoms with E-state index >= 15 is 0 Å². The molecule has 2 aliphatic heterocycles.